The van der Waals surface area contributed by atoms with Gasteiger partial charge in [-0.25, -0.2) is 4.39 Å². The lowest BCUT2D eigenvalue weighted by atomic mass is 10.1. The molecule has 2 aliphatic rings. The van der Waals surface area contributed by atoms with Crippen LogP contribution < -0.4 is 10.2 Å². The van der Waals surface area contributed by atoms with E-state index in [1.54, 1.807) is 6.07 Å². The van der Waals surface area contributed by atoms with E-state index in [9.17, 15) is 8.60 Å². The number of benzene rings is 1. The molecule has 0 radical (unpaired) electrons. The number of anilines is 1. The fourth-order valence-corrected chi connectivity index (χ4v) is 3.40. The van der Waals surface area contributed by atoms with Gasteiger partial charge in [0.1, 0.15) is 5.82 Å². The molecule has 1 N–H and O–H groups in total. The Morgan fingerprint density at radius 1 is 1.32 bits per heavy atom. The number of nitrogens with one attached hydrogen (secondary N) is 1. The van der Waals surface area contributed by atoms with E-state index in [-0.39, 0.29) is 5.82 Å². The van der Waals surface area contributed by atoms with Gasteiger partial charge in [0.05, 0.1) is 5.69 Å². The molecule has 0 spiro atoms. The maximum atomic E-state index is 14.1. The van der Waals surface area contributed by atoms with Crippen LogP contribution in [0.4, 0.5) is 10.1 Å². The van der Waals surface area contributed by atoms with Crippen molar-refractivity contribution in [1.82, 2.24) is 5.32 Å². The van der Waals surface area contributed by atoms with Crippen LogP contribution >= 0.6 is 0 Å². The largest absolute Gasteiger partial charge is 0.367 e. The van der Waals surface area contributed by atoms with Gasteiger partial charge in [-0.15, -0.1) is 0 Å². The van der Waals surface area contributed by atoms with Gasteiger partial charge in [0.15, 0.2) is 0 Å². The molecule has 1 saturated heterocycles. The van der Waals surface area contributed by atoms with Crippen LogP contribution in [0, 0.1) is 5.82 Å². The minimum absolute atomic E-state index is 0.164. The summed E-state index contributed by atoms with van der Waals surface area (Å²) in [4.78, 5) is 1.99. The fraction of sp³-hybridized carbons (Fsp3) is 0.571. The summed E-state index contributed by atoms with van der Waals surface area (Å²) in [6, 6.07) is 6.10. The monoisotopic (exact) mass is 282 g/mol. The third-order valence-corrected chi connectivity index (χ3v) is 4.98. The first-order valence-electron chi connectivity index (χ1n) is 6.84. The van der Waals surface area contributed by atoms with Crippen LogP contribution in [-0.2, 0) is 17.3 Å². The maximum Gasteiger partial charge on any atom is 0.146 e. The van der Waals surface area contributed by atoms with Crippen LogP contribution in [0.25, 0.3) is 0 Å². The molecule has 1 aliphatic carbocycles. The van der Waals surface area contributed by atoms with E-state index < -0.39 is 10.8 Å². The Morgan fingerprint density at radius 3 is 2.68 bits per heavy atom. The molecule has 1 aromatic carbocycles. The SMILES string of the molecule is O=S1CCN(c2ccc(CNC3CC3)cc2F)CC1. The average Bonchev–Trinajstić information content (AvgIpc) is 3.22. The van der Waals surface area contributed by atoms with Crippen molar-refractivity contribution in [2.45, 2.75) is 25.4 Å². The van der Waals surface area contributed by atoms with Crippen molar-refractivity contribution in [1.29, 1.82) is 0 Å². The molecule has 104 valence electrons. The first-order valence-corrected chi connectivity index (χ1v) is 8.33. The molecule has 0 bridgehead atoms. The second-order valence-electron chi connectivity index (χ2n) is 5.28. The molecular formula is C14H19FN2OS. The smallest absolute Gasteiger partial charge is 0.146 e. The van der Waals surface area contributed by atoms with Gasteiger partial charge < -0.3 is 10.2 Å². The van der Waals surface area contributed by atoms with E-state index in [2.05, 4.69) is 5.32 Å². The Bertz CT molecular complexity index is 480. The highest BCUT2D eigenvalue weighted by Gasteiger charge is 2.21. The number of hydrogen-bond acceptors (Lipinski definition) is 3. The topological polar surface area (TPSA) is 32.3 Å². The van der Waals surface area contributed by atoms with E-state index in [0.29, 0.717) is 36.3 Å². The summed E-state index contributed by atoms with van der Waals surface area (Å²) < 4.78 is 25.4. The molecule has 0 unspecified atom stereocenters. The second kappa shape index (κ2) is 5.59. The summed E-state index contributed by atoms with van der Waals surface area (Å²) >= 11 is 0. The van der Waals surface area contributed by atoms with Gasteiger partial charge in [0.2, 0.25) is 0 Å². The van der Waals surface area contributed by atoms with Gasteiger partial charge in [0, 0.05) is 48.0 Å². The maximum absolute atomic E-state index is 14.1. The van der Waals surface area contributed by atoms with E-state index >= 15 is 0 Å². The van der Waals surface area contributed by atoms with Crippen LogP contribution in [0.5, 0.6) is 0 Å². The van der Waals surface area contributed by atoms with Crippen molar-refractivity contribution < 1.29 is 8.60 Å². The van der Waals surface area contributed by atoms with Crippen molar-refractivity contribution in [2.24, 2.45) is 0 Å². The highest BCUT2D eigenvalue weighted by molar-refractivity contribution is 7.85. The number of nitrogens with zero attached hydrogens (tertiary/aromatic N) is 1. The van der Waals surface area contributed by atoms with Gasteiger partial charge in [0.25, 0.3) is 0 Å². The zero-order valence-electron chi connectivity index (χ0n) is 10.9. The molecule has 1 saturated carbocycles. The summed E-state index contributed by atoms with van der Waals surface area (Å²) in [5, 5.41) is 3.38. The van der Waals surface area contributed by atoms with Crippen molar-refractivity contribution >= 4 is 16.5 Å². The van der Waals surface area contributed by atoms with Crippen LogP contribution in [0.15, 0.2) is 18.2 Å². The van der Waals surface area contributed by atoms with Crippen LogP contribution in [0.3, 0.4) is 0 Å². The van der Waals surface area contributed by atoms with Crippen LogP contribution in [0.1, 0.15) is 18.4 Å². The van der Waals surface area contributed by atoms with Crippen LogP contribution in [0.2, 0.25) is 0 Å². The van der Waals surface area contributed by atoms with E-state index in [4.69, 9.17) is 0 Å². The molecule has 0 amide bonds. The second-order valence-corrected chi connectivity index (χ2v) is 6.97. The predicted octanol–water partition coefficient (Wildman–Crippen LogP) is 1.65. The zero-order chi connectivity index (χ0) is 13.2. The Morgan fingerprint density at radius 2 is 2.05 bits per heavy atom. The van der Waals surface area contributed by atoms with E-state index in [0.717, 1.165) is 12.1 Å². The molecule has 1 aromatic rings. The highest BCUT2D eigenvalue weighted by atomic mass is 32.2. The van der Waals surface area contributed by atoms with Gasteiger partial charge in [-0.05, 0) is 30.5 Å². The molecule has 1 aliphatic heterocycles. The summed E-state index contributed by atoms with van der Waals surface area (Å²) in [5.41, 5.74) is 1.64. The normalized spacial score (nSPS) is 20.8. The lowest BCUT2D eigenvalue weighted by molar-refractivity contribution is 0.610. The fourth-order valence-electron chi connectivity index (χ4n) is 2.35. The third-order valence-electron chi connectivity index (χ3n) is 3.70. The third kappa shape index (κ3) is 3.34. The minimum Gasteiger partial charge on any atom is -0.367 e. The molecule has 1 heterocycles. The first-order chi connectivity index (χ1) is 9.22. The van der Waals surface area contributed by atoms with Gasteiger partial charge in [-0.2, -0.15) is 0 Å². The molecule has 19 heavy (non-hydrogen) atoms. The first kappa shape index (κ1) is 13.1. The predicted molar refractivity (Wildman–Crippen MR) is 76.4 cm³/mol. The van der Waals surface area contributed by atoms with Crippen molar-refractivity contribution in [3.05, 3.63) is 29.6 Å². The standard InChI is InChI=1S/C14H19FN2OS/c15-13-9-11(10-16-12-2-3-12)1-4-14(13)17-5-7-19(18)8-6-17/h1,4,9,12,16H,2-3,5-8,10H2. The Labute approximate surface area is 115 Å². The van der Waals surface area contributed by atoms with E-state index in [1.807, 2.05) is 17.0 Å². The van der Waals surface area contributed by atoms with Crippen molar-refractivity contribution in [2.75, 3.05) is 29.5 Å². The lowest BCUT2D eigenvalue weighted by Crippen LogP contribution is -2.38. The molecule has 2 fully saturated rings. The highest BCUT2D eigenvalue weighted by Crippen LogP contribution is 2.23. The zero-order valence-corrected chi connectivity index (χ0v) is 11.7. The minimum atomic E-state index is -0.721. The van der Waals surface area contributed by atoms with Gasteiger partial charge >= 0.3 is 0 Å². The van der Waals surface area contributed by atoms with Crippen molar-refractivity contribution in [3.63, 3.8) is 0 Å². The number of rotatable bonds is 4. The summed E-state index contributed by atoms with van der Waals surface area (Å²) in [6.45, 7) is 2.11. The molecule has 0 atom stereocenters. The summed E-state index contributed by atoms with van der Waals surface area (Å²) in [6.07, 6.45) is 2.48. The molecular weight excluding hydrogens is 263 g/mol. The molecule has 3 rings (SSSR count). The quantitative estimate of drug-likeness (QED) is 0.911. The van der Waals surface area contributed by atoms with Gasteiger partial charge in [-0.1, -0.05) is 6.07 Å². The Balaban J connectivity index is 1.66. The Hall–Kier alpha value is -0.940. The van der Waals surface area contributed by atoms with Gasteiger partial charge in [-0.3, -0.25) is 4.21 Å². The lowest BCUT2D eigenvalue weighted by Gasteiger charge is -2.28. The molecule has 3 nitrogen and oxygen atoms in total. The van der Waals surface area contributed by atoms with Crippen molar-refractivity contribution in [3.8, 4) is 0 Å². The van der Waals surface area contributed by atoms with Crippen LogP contribution in [-0.4, -0.2) is 34.8 Å². The molecule has 5 heteroatoms. The van der Waals surface area contributed by atoms with E-state index in [1.165, 1.54) is 12.8 Å². The number of halogens is 1. The summed E-state index contributed by atoms with van der Waals surface area (Å²) in [5.74, 6) is 1.12. The Kier molecular flexibility index (Phi) is 3.84. The average molecular weight is 282 g/mol. The number of hydrogen-bond donors (Lipinski definition) is 1. The molecule has 0 aromatic heterocycles. The summed E-state index contributed by atoms with van der Waals surface area (Å²) in [7, 11) is -0.721.